The molecule has 2 aliphatic heterocycles. The van der Waals surface area contributed by atoms with Crippen LogP contribution in [0.3, 0.4) is 0 Å². The highest BCUT2D eigenvalue weighted by Gasteiger charge is 2.45. The number of aryl methyl sites for hydroxylation is 1. The molecule has 0 N–H and O–H groups in total. The molecular weight excluding hydrogens is 239 g/mol. The Morgan fingerprint density at radius 3 is 2.79 bits per heavy atom. The van der Waals surface area contributed by atoms with E-state index in [1.54, 1.807) is 0 Å². The van der Waals surface area contributed by atoms with Gasteiger partial charge in [0, 0.05) is 5.46 Å². The molecule has 3 rings (SSSR count). The Hall–Kier alpha value is -0.995. The Morgan fingerprint density at radius 2 is 2.11 bits per heavy atom. The first-order valence-corrected chi connectivity index (χ1v) is 7.17. The van der Waals surface area contributed by atoms with E-state index in [2.05, 4.69) is 26.0 Å². The zero-order chi connectivity index (χ0) is 13.6. The van der Waals surface area contributed by atoms with Gasteiger partial charge in [-0.3, -0.25) is 0 Å². The minimum Gasteiger partial charge on any atom is -0.491 e. The van der Waals surface area contributed by atoms with Gasteiger partial charge < -0.3 is 14.0 Å². The lowest BCUT2D eigenvalue weighted by Crippen LogP contribution is -2.40. The summed E-state index contributed by atoms with van der Waals surface area (Å²) in [6, 6.07) is 4.23. The number of hydrogen-bond acceptors (Lipinski definition) is 3. The summed E-state index contributed by atoms with van der Waals surface area (Å²) in [6.45, 7) is 8.98. The largest absolute Gasteiger partial charge is 0.499 e. The van der Waals surface area contributed by atoms with Crippen LogP contribution in [0.15, 0.2) is 12.1 Å². The van der Waals surface area contributed by atoms with Crippen LogP contribution in [0.4, 0.5) is 0 Å². The lowest BCUT2D eigenvalue weighted by atomic mass is 9.75. The second-order valence-electron chi connectivity index (χ2n) is 5.93. The molecule has 0 bridgehead atoms. The van der Waals surface area contributed by atoms with Crippen LogP contribution in [0.25, 0.3) is 0 Å². The van der Waals surface area contributed by atoms with E-state index in [9.17, 15) is 0 Å². The molecule has 0 amide bonds. The molecule has 0 fully saturated rings. The van der Waals surface area contributed by atoms with Crippen molar-refractivity contribution in [2.45, 2.75) is 52.2 Å². The van der Waals surface area contributed by atoms with Gasteiger partial charge >= 0.3 is 7.12 Å². The Balaban J connectivity index is 2.14. The van der Waals surface area contributed by atoms with E-state index in [0.29, 0.717) is 6.61 Å². The fraction of sp³-hybridized carbons (Fsp3) is 0.600. The average Bonchev–Trinajstić information content (AvgIpc) is 2.68. The van der Waals surface area contributed by atoms with E-state index in [1.807, 2.05) is 13.8 Å². The smallest absolute Gasteiger partial charge is 0.491 e. The summed E-state index contributed by atoms with van der Waals surface area (Å²) in [5, 5.41) is 0. The van der Waals surface area contributed by atoms with Gasteiger partial charge in [-0.2, -0.15) is 0 Å². The maximum absolute atomic E-state index is 6.12. The third-order valence-electron chi connectivity index (χ3n) is 3.94. The van der Waals surface area contributed by atoms with Crippen molar-refractivity contribution < 1.29 is 14.0 Å². The minimum absolute atomic E-state index is 0.132. The Kier molecular flexibility index (Phi) is 3.10. The first-order chi connectivity index (χ1) is 9.05. The monoisotopic (exact) mass is 260 g/mol. The molecule has 0 aliphatic carbocycles. The lowest BCUT2D eigenvalue weighted by molar-refractivity contribution is 0.0267. The van der Waals surface area contributed by atoms with Crippen molar-refractivity contribution >= 4 is 12.6 Å². The van der Waals surface area contributed by atoms with Crippen molar-refractivity contribution in [3.63, 3.8) is 0 Å². The topological polar surface area (TPSA) is 27.7 Å². The molecule has 0 spiro atoms. The van der Waals surface area contributed by atoms with Crippen molar-refractivity contribution in [1.82, 2.24) is 0 Å². The van der Waals surface area contributed by atoms with Crippen LogP contribution in [-0.2, 0) is 15.7 Å². The SMILES string of the molecule is CCc1ccc2c3c1[C@@H](CC)OB3OC(C)(C)CO2. The molecular formula is C15H21BO3. The number of benzene rings is 1. The predicted molar refractivity (Wildman–Crippen MR) is 76.0 cm³/mol. The highest BCUT2D eigenvalue weighted by molar-refractivity contribution is 6.64. The number of rotatable bonds is 2. The molecule has 0 radical (unpaired) electrons. The van der Waals surface area contributed by atoms with Crippen molar-refractivity contribution in [3.8, 4) is 5.75 Å². The van der Waals surface area contributed by atoms with Crippen LogP contribution in [-0.4, -0.2) is 19.3 Å². The molecule has 2 heterocycles. The van der Waals surface area contributed by atoms with E-state index in [1.165, 1.54) is 11.1 Å². The maximum Gasteiger partial charge on any atom is 0.499 e. The summed E-state index contributed by atoms with van der Waals surface area (Å²) in [5.74, 6) is 0.929. The quantitative estimate of drug-likeness (QED) is 0.765. The van der Waals surface area contributed by atoms with Crippen LogP contribution in [0, 0.1) is 0 Å². The maximum atomic E-state index is 6.12. The summed E-state index contributed by atoms with van der Waals surface area (Å²) in [7, 11) is -0.279. The molecule has 102 valence electrons. The van der Waals surface area contributed by atoms with Gasteiger partial charge in [-0.15, -0.1) is 0 Å². The van der Waals surface area contributed by atoms with Crippen LogP contribution in [0.2, 0.25) is 0 Å². The van der Waals surface area contributed by atoms with E-state index >= 15 is 0 Å². The molecule has 1 aromatic rings. The van der Waals surface area contributed by atoms with Gasteiger partial charge in [-0.25, -0.2) is 0 Å². The Labute approximate surface area is 115 Å². The van der Waals surface area contributed by atoms with Gasteiger partial charge in [0.1, 0.15) is 12.4 Å². The lowest BCUT2D eigenvalue weighted by Gasteiger charge is -2.25. The van der Waals surface area contributed by atoms with Crippen molar-refractivity contribution in [2.24, 2.45) is 0 Å². The van der Waals surface area contributed by atoms with Gasteiger partial charge in [0.25, 0.3) is 0 Å². The van der Waals surface area contributed by atoms with Gasteiger partial charge in [-0.1, -0.05) is 19.9 Å². The van der Waals surface area contributed by atoms with Crippen LogP contribution >= 0.6 is 0 Å². The van der Waals surface area contributed by atoms with Crippen LogP contribution in [0.5, 0.6) is 5.75 Å². The first-order valence-electron chi connectivity index (χ1n) is 7.17. The second kappa shape index (κ2) is 4.53. The molecule has 0 unspecified atom stereocenters. The van der Waals surface area contributed by atoms with Gasteiger partial charge in [0.2, 0.25) is 0 Å². The normalized spacial score (nSPS) is 23.8. The summed E-state index contributed by atoms with van der Waals surface area (Å²) < 4.78 is 18.2. The van der Waals surface area contributed by atoms with E-state index < -0.39 is 0 Å². The molecule has 0 aromatic heterocycles. The standard InChI is InChI=1S/C15H21BO3/c1-5-10-7-8-12-14-13(10)11(6-2)18-16(14)19-15(3,4)9-17-12/h7-8,11H,5-6,9H2,1-4H3/t11-/m1/s1. The van der Waals surface area contributed by atoms with Crippen molar-refractivity contribution in [1.29, 1.82) is 0 Å². The molecule has 1 aromatic carbocycles. The Bertz CT molecular complexity index is 498. The average molecular weight is 260 g/mol. The molecule has 1 atom stereocenters. The van der Waals surface area contributed by atoms with Gasteiger partial charge in [0.05, 0.1) is 11.7 Å². The highest BCUT2D eigenvalue weighted by atomic mass is 16.6. The number of hydrogen-bond donors (Lipinski definition) is 0. The molecule has 0 saturated heterocycles. The van der Waals surface area contributed by atoms with Gasteiger partial charge in [0.15, 0.2) is 0 Å². The minimum atomic E-state index is -0.323. The third kappa shape index (κ3) is 2.07. The molecule has 3 nitrogen and oxygen atoms in total. The molecule has 4 heteroatoms. The summed E-state index contributed by atoms with van der Waals surface area (Å²) in [4.78, 5) is 0. The predicted octanol–water partition coefficient (Wildman–Crippen LogP) is 2.61. The second-order valence-corrected chi connectivity index (χ2v) is 5.93. The fourth-order valence-electron chi connectivity index (χ4n) is 2.97. The first kappa shape index (κ1) is 13.0. The zero-order valence-corrected chi connectivity index (χ0v) is 12.2. The summed E-state index contributed by atoms with van der Waals surface area (Å²) in [5.41, 5.74) is 3.44. The van der Waals surface area contributed by atoms with E-state index in [-0.39, 0.29) is 18.8 Å². The molecule has 2 aliphatic rings. The summed E-state index contributed by atoms with van der Waals surface area (Å²) in [6.07, 6.45) is 2.11. The Morgan fingerprint density at radius 1 is 1.32 bits per heavy atom. The summed E-state index contributed by atoms with van der Waals surface area (Å²) >= 11 is 0. The van der Waals surface area contributed by atoms with Crippen molar-refractivity contribution in [2.75, 3.05) is 6.61 Å². The zero-order valence-electron chi connectivity index (χ0n) is 12.2. The van der Waals surface area contributed by atoms with Crippen LogP contribution in [0.1, 0.15) is 51.3 Å². The number of ether oxygens (including phenoxy) is 1. The highest BCUT2D eigenvalue weighted by Crippen LogP contribution is 2.36. The fourth-order valence-corrected chi connectivity index (χ4v) is 2.97. The molecule has 0 saturated carbocycles. The van der Waals surface area contributed by atoms with E-state index in [0.717, 1.165) is 24.1 Å². The molecule has 19 heavy (non-hydrogen) atoms. The van der Waals surface area contributed by atoms with E-state index in [4.69, 9.17) is 14.0 Å². The third-order valence-corrected chi connectivity index (χ3v) is 3.94. The van der Waals surface area contributed by atoms with Crippen molar-refractivity contribution in [3.05, 3.63) is 23.3 Å². The van der Waals surface area contributed by atoms with Gasteiger partial charge in [-0.05, 0) is 43.9 Å². The van der Waals surface area contributed by atoms with Crippen LogP contribution < -0.4 is 10.2 Å².